The lowest BCUT2D eigenvalue weighted by Crippen LogP contribution is -2.03. The number of anilines is 3. The van der Waals surface area contributed by atoms with E-state index >= 15 is 0 Å². The Hall–Kier alpha value is -1.59. The lowest BCUT2D eigenvalue weighted by molar-refractivity contribution is 0.580. The van der Waals surface area contributed by atoms with Crippen LogP contribution in [0.15, 0.2) is 24.3 Å². The fourth-order valence-corrected chi connectivity index (χ4v) is 1.74. The Morgan fingerprint density at radius 3 is 2.32 bits per heavy atom. The summed E-state index contributed by atoms with van der Waals surface area (Å²) in [4.78, 5) is 3.79. The van der Waals surface area contributed by atoms with Crippen LogP contribution in [0.2, 0.25) is 10.0 Å². The Bertz CT molecular complexity index is 620. The van der Waals surface area contributed by atoms with Crippen LogP contribution in [0.5, 0.6) is 0 Å². The van der Waals surface area contributed by atoms with Gasteiger partial charge in [-0.3, -0.25) is 0 Å². The van der Waals surface area contributed by atoms with Crippen LogP contribution in [0.25, 0.3) is 0 Å². The minimum Gasteiger partial charge on any atom is -0.371 e. The smallest absolute Gasteiger partial charge is 0.169 e. The Kier molecular flexibility index (Phi) is 4.07. The van der Waals surface area contributed by atoms with Gasteiger partial charge in [-0.05, 0) is 18.2 Å². The Balaban J connectivity index is 2.34. The third-order valence-corrected chi connectivity index (χ3v) is 3.09. The summed E-state index contributed by atoms with van der Waals surface area (Å²) in [5.41, 5.74) is 0.495. The summed E-state index contributed by atoms with van der Waals surface area (Å²) in [5, 5.41) is 5.94. The average Bonchev–Trinajstić information content (AvgIpc) is 2.37. The van der Waals surface area contributed by atoms with Crippen LogP contribution in [0.1, 0.15) is 0 Å². The summed E-state index contributed by atoms with van der Waals surface area (Å²) in [6.45, 7) is 0. The molecular weight excluding hydrogens is 295 g/mol. The molecule has 0 fully saturated rings. The molecule has 0 aliphatic heterocycles. The highest BCUT2D eigenvalue weighted by Gasteiger charge is 2.11. The molecule has 19 heavy (non-hydrogen) atoms. The maximum absolute atomic E-state index is 13.6. The van der Waals surface area contributed by atoms with E-state index in [2.05, 4.69) is 15.6 Å². The molecular formula is C12H9Cl2F2N3. The standard InChI is InChI=1S/C12H9Cl2F2N3/c1-17-11-9(15)5-10(16)12(19-11)18-6-2-3-7(13)8(14)4-6/h2-5H,1H3,(H2,17,18,19). The average molecular weight is 304 g/mol. The second-order valence-corrected chi connectivity index (χ2v) is 4.47. The van der Waals surface area contributed by atoms with Crippen LogP contribution in [0.4, 0.5) is 26.1 Å². The van der Waals surface area contributed by atoms with E-state index < -0.39 is 11.6 Å². The van der Waals surface area contributed by atoms with Crippen molar-refractivity contribution in [3.8, 4) is 0 Å². The number of hydrogen-bond donors (Lipinski definition) is 2. The largest absolute Gasteiger partial charge is 0.371 e. The number of pyridine rings is 1. The molecule has 0 unspecified atom stereocenters. The summed E-state index contributed by atoms with van der Waals surface area (Å²) in [6, 6.07) is 5.44. The molecule has 1 aromatic carbocycles. The van der Waals surface area contributed by atoms with Crippen LogP contribution in [-0.2, 0) is 0 Å². The molecule has 7 heteroatoms. The molecule has 0 aliphatic carbocycles. The van der Waals surface area contributed by atoms with Crippen molar-refractivity contribution in [1.29, 1.82) is 0 Å². The predicted molar refractivity (Wildman–Crippen MR) is 73.4 cm³/mol. The molecule has 0 radical (unpaired) electrons. The summed E-state index contributed by atoms with van der Waals surface area (Å²) in [6.07, 6.45) is 0. The van der Waals surface area contributed by atoms with Gasteiger partial charge in [0.2, 0.25) is 0 Å². The van der Waals surface area contributed by atoms with E-state index in [-0.39, 0.29) is 11.6 Å². The second-order valence-electron chi connectivity index (χ2n) is 3.65. The lowest BCUT2D eigenvalue weighted by atomic mass is 10.3. The zero-order chi connectivity index (χ0) is 14.0. The number of hydrogen-bond acceptors (Lipinski definition) is 3. The van der Waals surface area contributed by atoms with Gasteiger partial charge in [-0.15, -0.1) is 0 Å². The number of nitrogens with zero attached hydrogens (tertiary/aromatic N) is 1. The normalized spacial score (nSPS) is 10.4. The van der Waals surface area contributed by atoms with Crippen molar-refractivity contribution < 1.29 is 8.78 Å². The molecule has 0 amide bonds. The highest BCUT2D eigenvalue weighted by atomic mass is 35.5. The topological polar surface area (TPSA) is 37.0 Å². The van der Waals surface area contributed by atoms with Gasteiger partial charge >= 0.3 is 0 Å². The van der Waals surface area contributed by atoms with Crippen molar-refractivity contribution in [2.45, 2.75) is 0 Å². The van der Waals surface area contributed by atoms with Crippen molar-refractivity contribution in [3.05, 3.63) is 45.9 Å². The van der Waals surface area contributed by atoms with Gasteiger partial charge in [-0.2, -0.15) is 0 Å². The second kappa shape index (κ2) is 5.59. The molecule has 0 bridgehead atoms. The summed E-state index contributed by atoms with van der Waals surface area (Å²) in [5.74, 6) is -1.73. The van der Waals surface area contributed by atoms with Crippen molar-refractivity contribution in [3.63, 3.8) is 0 Å². The van der Waals surface area contributed by atoms with Crippen molar-refractivity contribution in [2.24, 2.45) is 0 Å². The third kappa shape index (κ3) is 3.05. The van der Waals surface area contributed by atoms with Crippen LogP contribution < -0.4 is 10.6 Å². The number of halogens is 4. The van der Waals surface area contributed by atoms with Crippen molar-refractivity contribution in [1.82, 2.24) is 4.98 Å². The lowest BCUT2D eigenvalue weighted by Gasteiger charge is -2.10. The molecule has 0 atom stereocenters. The van der Waals surface area contributed by atoms with Crippen molar-refractivity contribution >= 4 is 40.5 Å². The van der Waals surface area contributed by atoms with Gasteiger partial charge in [0.25, 0.3) is 0 Å². The van der Waals surface area contributed by atoms with E-state index in [0.717, 1.165) is 6.07 Å². The zero-order valence-corrected chi connectivity index (χ0v) is 11.3. The van der Waals surface area contributed by atoms with E-state index in [1.54, 1.807) is 12.1 Å². The molecule has 2 rings (SSSR count). The van der Waals surface area contributed by atoms with Gasteiger partial charge in [-0.25, -0.2) is 13.8 Å². The first-order chi connectivity index (χ1) is 9.01. The van der Waals surface area contributed by atoms with E-state index in [1.165, 1.54) is 13.1 Å². The first-order valence-electron chi connectivity index (χ1n) is 5.27. The molecule has 0 saturated heterocycles. The Labute approximate surface area is 118 Å². The third-order valence-electron chi connectivity index (χ3n) is 2.35. The number of nitrogens with one attached hydrogen (secondary N) is 2. The van der Waals surface area contributed by atoms with Crippen molar-refractivity contribution in [2.75, 3.05) is 17.7 Å². The van der Waals surface area contributed by atoms with Gasteiger partial charge in [0.15, 0.2) is 23.3 Å². The summed E-state index contributed by atoms with van der Waals surface area (Å²) in [7, 11) is 1.49. The molecule has 1 heterocycles. The first-order valence-corrected chi connectivity index (χ1v) is 6.02. The molecule has 3 nitrogen and oxygen atoms in total. The van der Waals surface area contributed by atoms with E-state index in [9.17, 15) is 8.78 Å². The quantitative estimate of drug-likeness (QED) is 0.879. The van der Waals surface area contributed by atoms with Gasteiger partial charge in [0.1, 0.15) is 0 Å². The minimum absolute atomic E-state index is 0.0519. The Morgan fingerprint density at radius 1 is 1.00 bits per heavy atom. The molecule has 0 spiro atoms. The van der Waals surface area contributed by atoms with Gasteiger partial charge in [0.05, 0.1) is 10.0 Å². The maximum Gasteiger partial charge on any atom is 0.169 e. The van der Waals surface area contributed by atoms with Crippen LogP contribution in [-0.4, -0.2) is 12.0 Å². The SMILES string of the molecule is CNc1nc(Nc2ccc(Cl)c(Cl)c2)c(F)cc1F. The fraction of sp³-hybridized carbons (Fsp3) is 0.0833. The highest BCUT2D eigenvalue weighted by Crippen LogP contribution is 2.28. The maximum atomic E-state index is 13.6. The molecule has 2 aromatic rings. The van der Waals surface area contributed by atoms with Crippen LogP contribution >= 0.6 is 23.2 Å². The van der Waals surface area contributed by atoms with Crippen LogP contribution in [0, 0.1) is 11.6 Å². The number of rotatable bonds is 3. The number of aromatic nitrogens is 1. The molecule has 100 valence electrons. The Morgan fingerprint density at radius 2 is 1.68 bits per heavy atom. The fourth-order valence-electron chi connectivity index (χ4n) is 1.44. The highest BCUT2D eigenvalue weighted by molar-refractivity contribution is 6.42. The summed E-state index contributed by atoms with van der Waals surface area (Å²) < 4.78 is 26.8. The minimum atomic E-state index is -0.803. The monoisotopic (exact) mass is 303 g/mol. The molecule has 0 aliphatic rings. The van der Waals surface area contributed by atoms with E-state index in [0.29, 0.717) is 15.7 Å². The molecule has 0 saturated carbocycles. The van der Waals surface area contributed by atoms with E-state index in [1.807, 2.05) is 0 Å². The molecule has 1 aromatic heterocycles. The predicted octanol–water partition coefficient (Wildman–Crippen LogP) is 4.45. The number of benzene rings is 1. The van der Waals surface area contributed by atoms with E-state index in [4.69, 9.17) is 23.2 Å². The van der Waals surface area contributed by atoms with Crippen LogP contribution in [0.3, 0.4) is 0 Å². The first kappa shape index (κ1) is 13.8. The molecule has 2 N–H and O–H groups in total. The summed E-state index contributed by atoms with van der Waals surface area (Å²) >= 11 is 11.6. The van der Waals surface area contributed by atoms with Gasteiger partial charge in [0, 0.05) is 18.8 Å². The van der Waals surface area contributed by atoms with Gasteiger partial charge < -0.3 is 10.6 Å². The zero-order valence-electron chi connectivity index (χ0n) is 9.77. The van der Waals surface area contributed by atoms with Gasteiger partial charge in [-0.1, -0.05) is 23.2 Å².